The predicted octanol–water partition coefficient (Wildman–Crippen LogP) is 2.41. The van der Waals surface area contributed by atoms with Crippen LogP contribution in [0.15, 0.2) is 18.2 Å². The van der Waals surface area contributed by atoms with Gasteiger partial charge in [0.2, 0.25) is 0 Å². The molecular formula is C14H19BClNO4. The maximum absolute atomic E-state index is 10.6. The summed E-state index contributed by atoms with van der Waals surface area (Å²) in [4.78, 5) is 10.6. The maximum atomic E-state index is 10.6. The molecule has 0 unspecified atom stereocenters. The van der Waals surface area contributed by atoms with Gasteiger partial charge in [-0.1, -0.05) is 29.8 Å². The highest BCUT2D eigenvalue weighted by Gasteiger charge is 2.52. The van der Waals surface area contributed by atoms with Crippen LogP contribution in [0.1, 0.15) is 33.3 Å². The molecule has 21 heavy (non-hydrogen) atoms. The van der Waals surface area contributed by atoms with Crippen molar-refractivity contribution in [2.45, 2.75) is 45.4 Å². The van der Waals surface area contributed by atoms with Crippen LogP contribution in [-0.2, 0) is 15.9 Å². The predicted molar refractivity (Wildman–Crippen MR) is 82.0 cm³/mol. The average Bonchev–Trinajstić information content (AvgIpc) is 2.57. The molecule has 7 heteroatoms. The number of hydrogen-bond acceptors (Lipinski definition) is 3. The van der Waals surface area contributed by atoms with Crippen molar-refractivity contribution in [2.24, 2.45) is 0 Å². The number of halogens is 1. The first-order chi connectivity index (χ1) is 9.64. The lowest BCUT2D eigenvalue weighted by molar-refractivity contribution is 0.00578. The summed E-state index contributed by atoms with van der Waals surface area (Å²) < 4.78 is 11.9. The number of nitrogens with one attached hydrogen (secondary N) is 1. The highest BCUT2D eigenvalue weighted by Crippen LogP contribution is 2.37. The molecule has 2 rings (SSSR count). The van der Waals surface area contributed by atoms with E-state index in [1.807, 2.05) is 39.8 Å². The van der Waals surface area contributed by atoms with E-state index in [0.29, 0.717) is 16.0 Å². The first-order valence-corrected chi connectivity index (χ1v) is 7.11. The normalized spacial score (nSPS) is 19.6. The van der Waals surface area contributed by atoms with Crippen LogP contribution in [0, 0.1) is 0 Å². The van der Waals surface area contributed by atoms with E-state index >= 15 is 0 Å². The van der Waals surface area contributed by atoms with Crippen molar-refractivity contribution in [1.82, 2.24) is 5.32 Å². The number of rotatable bonds is 3. The second kappa shape index (κ2) is 5.52. The van der Waals surface area contributed by atoms with Crippen molar-refractivity contribution in [3.05, 3.63) is 28.8 Å². The molecule has 1 aromatic carbocycles. The quantitative estimate of drug-likeness (QED) is 0.841. The van der Waals surface area contributed by atoms with Gasteiger partial charge in [0.1, 0.15) is 0 Å². The number of carboxylic acid groups (broad SMARTS) is 1. The molecule has 1 fully saturated rings. The molecule has 1 aliphatic rings. The van der Waals surface area contributed by atoms with Crippen LogP contribution < -0.4 is 10.8 Å². The molecule has 114 valence electrons. The summed E-state index contributed by atoms with van der Waals surface area (Å²) in [5, 5.41) is 11.4. The molecular weight excluding hydrogens is 292 g/mol. The van der Waals surface area contributed by atoms with Crippen LogP contribution in [0.3, 0.4) is 0 Å². The van der Waals surface area contributed by atoms with E-state index in [4.69, 9.17) is 26.0 Å². The largest absolute Gasteiger partial charge is 0.496 e. The van der Waals surface area contributed by atoms with E-state index in [9.17, 15) is 4.79 Å². The lowest BCUT2D eigenvalue weighted by Crippen LogP contribution is -2.41. The minimum absolute atomic E-state index is 0.140. The van der Waals surface area contributed by atoms with Crippen molar-refractivity contribution in [2.75, 3.05) is 0 Å². The Morgan fingerprint density at radius 3 is 2.38 bits per heavy atom. The monoisotopic (exact) mass is 311 g/mol. The van der Waals surface area contributed by atoms with Gasteiger partial charge in [-0.25, -0.2) is 4.79 Å². The van der Waals surface area contributed by atoms with E-state index in [1.54, 1.807) is 6.07 Å². The van der Waals surface area contributed by atoms with Gasteiger partial charge in [-0.2, -0.15) is 0 Å². The molecule has 1 aliphatic heterocycles. The fourth-order valence-corrected chi connectivity index (χ4v) is 2.34. The third-order valence-electron chi connectivity index (χ3n) is 4.05. The second-order valence-electron chi connectivity index (χ2n) is 6.07. The lowest BCUT2D eigenvalue weighted by atomic mass is 9.78. The maximum Gasteiger partial charge on any atom is 0.496 e. The standard InChI is InChI=1S/C14H19BClNO4/c1-13(2)14(3,4)21-15(20-13)10-7-5-6-9(11(10)16)8-17-12(18)19/h5-7,17H,8H2,1-4H3,(H,18,19). The van der Waals surface area contributed by atoms with E-state index in [1.165, 1.54) is 0 Å². The first kappa shape index (κ1) is 16.1. The summed E-state index contributed by atoms with van der Waals surface area (Å²) in [6.07, 6.45) is -1.09. The molecule has 0 saturated carbocycles. The Morgan fingerprint density at radius 2 is 1.86 bits per heavy atom. The molecule has 1 aromatic rings. The SMILES string of the molecule is CC1(C)OB(c2cccc(CNC(=O)O)c2Cl)OC1(C)C. The molecule has 0 spiro atoms. The Kier molecular flexibility index (Phi) is 4.24. The molecule has 0 radical (unpaired) electrons. The van der Waals surface area contributed by atoms with Gasteiger partial charge in [0.15, 0.2) is 0 Å². The van der Waals surface area contributed by atoms with Crippen LogP contribution >= 0.6 is 11.6 Å². The number of amides is 1. The summed E-state index contributed by atoms with van der Waals surface area (Å²) in [5.74, 6) is 0. The van der Waals surface area contributed by atoms with E-state index in [-0.39, 0.29) is 6.54 Å². The van der Waals surface area contributed by atoms with Crippen molar-refractivity contribution in [1.29, 1.82) is 0 Å². The Balaban J connectivity index is 2.26. The van der Waals surface area contributed by atoms with E-state index < -0.39 is 24.4 Å². The van der Waals surface area contributed by atoms with Gasteiger partial charge in [-0.15, -0.1) is 0 Å². The van der Waals surface area contributed by atoms with Crippen LogP contribution in [-0.4, -0.2) is 29.5 Å². The molecule has 1 heterocycles. The van der Waals surface area contributed by atoms with Crippen molar-refractivity contribution >= 4 is 30.3 Å². The Morgan fingerprint density at radius 1 is 1.29 bits per heavy atom. The zero-order chi connectivity index (χ0) is 15.8. The summed E-state index contributed by atoms with van der Waals surface area (Å²) in [6, 6.07) is 5.41. The molecule has 0 bridgehead atoms. The lowest BCUT2D eigenvalue weighted by Gasteiger charge is -2.32. The van der Waals surface area contributed by atoms with Crippen molar-refractivity contribution < 1.29 is 19.2 Å². The highest BCUT2D eigenvalue weighted by molar-refractivity contribution is 6.65. The van der Waals surface area contributed by atoms with Crippen LogP contribution in [0.2, 0.25) is 5.02 Å². The molecule has 5 nitrogen and oxygen atoms in total. The average molecular weight is 312 g/mol. The van der Waals surface area contributed by atoms with Gasteiger partial charge in [0.25, 0.3) is 0 Å². The molecule has 0 atom stereocenters. The minimum Gasteiger partial charge on any atom is -0.465 e. The van der Waals surface area contributed by atoms with Gasteiger partial charge >= 0.3 is 13.2 Å². The Labute approximate surface area is 129 Å². The van der Waals surface area contributed by atoms with Gasteiger partial charge in [-0.3, -0.25) is 0 Å². The fourth-order valence-electron chi connectivity index (χ4n) is 2.06. The summed E-state index contributed by atoms with van der Waals surface area (Å²) in [6.45, 7) is 8.02. The van der Waals surface area contributed by atoms with Crippen LogP contribution in [0.5, 0.6) is 0 Å². The topological polar surface area (TPSA) is 67.8 Å². The third-order valence-corrected chi connectivity index (χ3v) is 4.51. The number of hydrogen-bond donors (Lipinski definition) is 2. The Bertz CT molecular complexity index is 546. The summed E-state index contributed by atoms with van der Waals surface area (Å²) >= 11 is 6.37. The van der Waals surface area contributed by atoms with Gasteiger partial charge < -0.3 is 19.7 Å². The van der Waals surface area contributed by atoms with E-state index in [2.05, 4.69) is 5.32 Å². The van der Waals surface area contributed by atoms with E-state index in [0.717, 1.165) is 0 Å². The smallest absolute Gasteiger partial charge is 0.465 e. The molecule has 1 saturated heterocycles. The number of carbonyl (C=O) groups is 1. The molecule has 0 aromatic heterocycles. The molecule has 0 aliphatic carbocycles. The van der Waals surface area contributed by atoms with Gasteiger partial charge in [0.05, 0.1) is 11.2 Å². The second-order valence-corrected chi connectivity index (χ2v) is 6.45. The summed E-state index contributed by atoms with van der Waals surface area (Å²) in [7, 11) is -0.563. The van der Waals surface area contributed by atoms with Crippen molar-refractivity contribution in [3.8, 4) is 0 Å². The minimum atomic E-state index is -1.09. The molecule has 1 amide bonds. The van der Waals surface area contributed by atoms with Crippen LogP contribution in [0.25, 0.3) is 0 Å². The zero-order valence-electron chi connectivity index (χ0n) is 12.6. The number of benzene rings is 1. The van der Waals surface area contributed by atoms with Crippen molar-refractivity contribution in [3.63, 3.8) is 0 Å². The third kappa shape index (κ3) is 3.17. The molecule has 2 N–H and O–H groups in total. The highest BCUT2D eigenvalue weighted by atomic mass is 35.5. The first-order valence-electron chi connectivity index (χ1n) is 6.74. The fraction of sp³-hybridized carbons (Fsp3) is 0.500. The zero-order valence-corrected chi connectivity index (χ0v) is 13.3. The van der Waals surface area contributed by atoms with Crippen LogP contribution in [0.4, 0.5) is 4.79 Å². The summed E-state index contributed by atoms with van der Waals surface area (Å²) in [5.41, 5.74) is 0.499. The van der Waals surface area contributed by atoms with Gasteiger partial charge in [0, 0.05) is 17.0 Å². The Hall–Kier alpha value is -1.24. The van der Waals surface area contributed by atoms with Gasteiger partial charge in [-0.05, 0) is 33.3 Å².